The lowest BCUT2D eigenvalue weighted by atomic mass is 9.99. The Balaban J connectivity index is 1.90. The molecule has 1 nitrogen and oxygen atoms in total. The third kappa shape index (κ3) is 4.22. The van der Waals surface area contributed by atoms with E-state index in [9.17, 15) is 5.11 Å². The van der Waals surface area contributed by atoms with E-state index in [2.05, 4.69) is 43.3 Å². The van der Waals surface area contributed by atoms with Crippen molar-refractivity contribution in [2.24, 2.45) is 0 Å². The molecule has 0 bridgehead atoms. The van der Waals surface area contributed by atoms with Crippen LogP contribution in [-0.2, 0) is 12.8 Å². The highest BCUT2D eigenvalue weighted by Gasteiger charge is 2.07. The maximum Gasteiger partial charge on any atom is 0.0793 e. The van der Waals surface area contributed by atoms with Crippen LogP contribution >= 0.6 is 0 Å². The molecule has 0 spiro atoms. The van der Waals surface area contributed by atoms with E-state index in [1.54, 1.807) is 0 Å². The zero-order valence-corrected chi connectivity index (χ0v) is 11.5. The average Bonchev–Trinajstić information content (AvgIpc) is 2.47. The van der Waals surface area contributed by atoms with Gasteiger partial charge in [0.15, 0.2) is 0 Å². The highest BCUT2D eigenvalue weighted by atomic mass is 16.3. The predicted molar refractivity (Wildman–Crippen MR) is 80.2 cm³/mol. The van der Waals surface area contributed by atoms with Gasteiger partial charge in [-0.05, 0) is 36.0 Å². The summed E-state index contributed by atoms with van der Waals surface area (Å²) in [7, 11) is 0. The summed E-state index contributed by atoms with van der Waals surface area (Å²) in [5.74, 6) is 0. The Kier molecular flexibility index (Phi) is 5.17. The van der Waals surface area contributed by atoms with E-state index in [1.807, 2.05) is 18.2 Å². The summed E-state index contributed by atoms with van der Waals surface area (Å²) in [5, 5.41) is 10.2. The Labute approximate surface area is 115 Å². The van der Waals surface area contributed by atoms with Gasteiger partial charge in [0.2, 0.25) is 0 Å². The summed E-state index contributed by atoms with van der Waals surface area (Å²) in [6.45, 7) is 2.18. The fourth-order valence-corrected chi connectivity index (χ4v) is 2.31. The lowest BCUT2D eigenvalue weighted by Crippen LogP contribution is -2.00. The van der Waals surface area contributed by atoms with Gasteiger partial charge in [-0.1, -0.05) is 67.9 Å². The van der Waals surface area contributed by atoms with Crippen LogP contribution in [0.15, 0.2) is 54.6 Å². The monoisotopic (exact) mass is 254 g/mol. The predicted octanol–water partition coefficient (Wildman–Crippen LogP) is 4.31. The molecule has 0 aromatic heterocycles. The Morgan fingerprint density at radius 3 is 2.11 bits per heavy atom. The number of hydrogen-bond acceptors (Lipinski definition) is 1. The van der Waals surface area contributed by atoms with E-state index in [-0.39, 0.29) is 6.10 Å². The summed E-state index contributed by atoms with van der Waals surface area (Å²) >= 11 is 0. The second kappa shape index (κ2) is 7.10. The van der Waals surface area contributed by atoms with Crippen LogP contribution in [0, 0.1) is 0 Å². The Bertz CT molecular complexity index is 473. The molecule has 0 radical (unpaired) electrons. The smallest absolute Gasteiger partial charge is 0.0793 e. The number of benzene rings is 2. The van der Waals surface area contributed by atoms with E-state index < -0.39 is 0 Å². The normalized spacial score (nSPS) is 12.3. The fraction of sp³-hybridized carbons (Fsp3) is 0.333. The molecular weight excluding hydrogens is 232 g/mol. The maximum absolute atomic E-state index is 10.2. The van der Waals surface area contributed by atoms with Crippen LogP contribution in [0.1, 0.15) is 42.6 Å². The molecule has 1 N–H and O–H groups in total. The van der Waals surface area contributed by atoms with Crippen LogP contribution < -0.4 is 0 Å². The quantitative estimate of drug-likeness (QED) is 0.814. The van der Waals surface area contributed by atoms with Crippen LogP contribution in [0.5, 0.6) is 0 Å². The Hall–Kier alpha value is -1.60. The van der Waals surface area contributed by atoms with Gasteiger partial charge in [-0.3, -0.25) is 0 Å². The molecule has 0 saturated heterocycles. The maximum atomic E-state index is 10.2. The largest absolute Gasteiger partial charge is 0.388 e. The van der Waals surface area contributed by atoms with Gasteiger partial charge in [-0.15, -0.1) is 0 Å². The molecule has 0 saturated carbocycles. The van der Waals surface area contributed by atoms with Crippen LogP contribution in [0.3, 0.4) is 0 Å². The van der Waals surface area contributed by atoms with E-state index in [0.29, 0.717) is 0 Å². The van der Waals surface area contributed by atoms with Crippen molar-refractivity contribution >= 4 is 0 Å². The zero-order valence-electron chi connectivity index (χ0n) is 11.5. The highest BCUT2D eigenvalue weighted by Crippen LogP contribution is 2.20. The molecule has 0 amide bonds. The van der Waals surface area contributed by atoms with Crippen molar-refractivity contribution in [2.75, 3.05) is 0 Å². The molecule has 0 aliphatic heterocycles. The molecule has 0 aliphatic rings. The van der Waals surface area contributed by atoms with Gasteiger partial charge in [0.25, 0.3) is 0 Å². The van der Waals surface area contributed by atoms with Crippen molar-refractivity contribution in [1.82, 2.24) is 0 Å². The third-order valence-corrected chi connectivity index (χ3v) is 3.45. The first kappa shape index (κ1) is 13.8. The van der Waals surface area contributed by atoms with Crippen LogP contribution in [-0.4, -0.2) is 5.11 Å². The SMILES string of the molecule is CCCc1ccc(C(O)CCc2ccccc2)cc1. The number of aliphatic hydroxyl groups excluding tert-OH is 1. The number of hydrogen-bond donors (Lipinski definition) is 1. The van der Waals surface area contributed by atoms with Crippen molar-refractivity contribution in [3.63, 3.8) is 0 Å². The summed E-state index contributed by atoms with van der Waals surface area (Å²) in [6.07, 6.45) is 3.60. The summed E-state index contributed by atoms with van der Waals surface area (Å²) in [5.41, 5.74) is 3.65. The minimum Gasteiger partial charge on any atom is -0.388 e. The first-order valence-corrected chi connectivity index (χ1v) is 7.10. The lowest BCUT2D eigenvalue weighted by Gasteiger charge is -2.11. The van der Waals surface area contributed by atoms with E-state index in [1.165, 1.54) is 11.1 Å². The van der Waals surface area contributed by atoms with Gasteiger partial charge in [-0.25, -0.2) is 0 Å². The minimum absolute atomic E-state index is 0.365. The lowest BCUT2D eigenvalue weighted by molar-refractivity contribution is 0.168. The van der Waals surface area contributed by atoms with Crippen molar-refractivity contribution in [3.8, 4) is 0 Å². The van der Waals surface area contributed by atoms with Crippen molar-refractivity contribution in [3.05, 3.63) is 71.3 Å². The number of aliphatic hydroxyl groups is 1. The van der Waals surface area contributed by atoms with Gasteiger partial charge in [0.05, 0.1) is 6.10 Å². The average molecular weight is 254 g/mol. The molecule has 2 aromatic carbocycles. The molecule has 2 aromatic rings. The first-order valence-electron chi connectivity index (χ1n) is 7.10. The van der Waals surface area contributed by atoms with Crippen molar-refractivity contribution in [2.45, 2.75) is 38.7 Å². The summed E-state index contributed by atoms with van der Waals surface area (Å²) < 4.78 is 0. The van der Waals surface area contributed by atoms with Crippen molar-refractivity contribution in [1.29, 1.82) is 0 Å². The van der Waals surface area contributed by atoms with E-state index >= 15 is 0 Å². The third-order valence-electron chi connectivity index (χ3n) is 3.45. The summed E-state index contributed by atoms with van der Waals surface area (Å²) in [6, 6.07) is 18.7. The van der Waals surface area contributed by atoms with Gasteiger partial charge < -0.3 is 5.11 Å². The highest BCUT2D eigenvalue weighted by molar-refractivity contribution is 5.24. The topological polar surface area (TPSA) is 20.2 Å². The molecule has 1 unspecified atom stereocenters. The molecule has 0 aliphatic carbocycles. The second-order valence-corrected chi connectivity index (χ2v) is 5.03. The molecule has 1 heteroatoms. The van der Waals surface area contributed by atoms with Crippen LogP contribution in [0.4, 0.5) is 0 Å². The Morgan fingerprint density at radius 1 is 0.842 bits per heavy atom. The summed E-state index contributed by atoms with van der Waals surface area (Å²) in [4.78, 5) is 0. The molecule has 2 rings (SSSR count). The van der Waals surface area contributed by atoms with Crippen LogP contribution in [0.2, 0.25) is 0 Å². The fourth-order valence-electron chi connectivity index (χ4n) is 2.31. The molecule has 0 fully saturated rings. The molecule has 100 valence electrons. The number of aryl methyl sites for hydroxylation is 2. The second-order valence-electron chi connectivity index (χ2n) is 5.03. The standard InChI is InChI=1S/C18H22O/c1-2-6-15-9-12-17(13-10-15)18(19)14-11-16-7-4-3-5-8-16/h3-5,7-10,12-13,18-19H,2,6,11,14H2,1H3. The first-order chi connectivity index (χ1) is 9.29. The molecule has 1 atom stereocenters. The van der Waals surface area contributed by atoms with Gasteiger partial charge in [0.1, 0.15) is 0 Å². The Morgan fingerprint density at radius 2 is 1.47 bits per heavy atom. The van der Waals surface area contributed by atoms with Crippen LogP contribution in [0.25, 0.3) is 0 Å². The molecule has 19 heavy (non-hydrogen) atoms. The zero-order chi connectivity index (χ0) is 13.5. The van der Waals surface area contributed by atoms with Crippen molar-refractivity contribution < 1.29 is 5.11 Å². The van der Waals surface area contributed by atoms with E-state index in [0.717, 1.165) is 31.2 Å². The molecular formula is C18H22O. The van der Waals surface area contributed by atoms with Gasteiger partial charge in [-0.2, -0.15) is 0 Å². The molecule has 0 heterocycles. The number of rotatable bonds is 6. The minimum atomic E-state index is -0.365. The van der Waals surface area contributed by atoms with Gasteiger partial charge >= 0.3 is 0 Å². The van der Waals surface area contributed by atoms with E-state index in [4.69, 9.17) is 0 Å². The van der Waals surface area contributed by atoms with Gasteiger partial charge in [0, 0.05) is 0 Å².